The molecule has 2 N–H and O–H groups in total. The van der Waals surface area contributed by atoms with Crippen LogP contribution in [0.3, 0.4) is 0 Å². The van der Waals surface area contributed by atoms with Crippen molar-refractivity contribution < 1.29 is 32.6 Å². The van der Waals surface area contributed by atoms with Crippen molar-refractivity contribution in [3.8, 4) is 16.9 Å². The number of para-hydroxylation sites is 1. The van der Waals surface area contributed by atoms with Crippen molar-refractivity contribution in [2.24, 2.45) is 0 Å². The molecule has 0 bridgehead atoms. The molecule has 184 valence electrons. The molecular weight excluding hydrogens is 508 g/mol. The standard InChI is InChI=1S/C24H19Cl2F3N2O4/c1-31(13-15-8-6-14(7-9-15)10-21(32)33)23(34)30-16-11-18(25)22(19(26)12-16)17-4-2-3-5-20(17)35-24(27,28)29/h2-9,11-12H,10,13H2,1H3,(H,30,34)(H,32,33). The van der Waals surface area contributed by atoms with Gasteiger partial charge in [0.25, 0.3) is 0 Å². The highest BCUT2D eigenvalue weighted by molar-refractivity contribution is 6.40. The smallest absolute Gasteiger partial charge is 0.481 e. The Morgan fingerprint density at radius 3 is 2.14 bits per heavy atom. The number of rotatable bonds is 7. The second kappa shape index (κ2) is 10.9. The van der Waals surface area contributed by atoms with Crippen LogP contribution in [0, 0.1) is 0 Å². The van der Waals surface area contributed by atoms with Crippen LogP contribution in [0.25, 0.3) is 11.1 Å². The summed E-state index contributed by atoms with van der Waals surface area (Å²) >= 11 is 12.7. The Morgan fingerprint density at radius 2 is 1.57 bits per heavy atom. The minimum atomic E-state index is -4.90. The maximum atomic E-state index is 12.8. The second-order valence-corrected chi connectivity index (χ2v) is 8.35. The van der Waals surface area contributed by atoms with Gasteiger partial charge in [0.2, 0.25) is 0 Å². The molecule has 3 aromatic rings. The van der Waals surface area contributed by atoms with Crippen molar-refractivity contribution in [2.75, 3.05) is 12.4 Å². The van der Waals surface area contributed by atoms with Crippen LogP contribution in [0.15, 0.2) is 60.7 Å². The molecule has 0 radical (unpaired) electrons. The normalized spacial score (nSPS) is 11.1. The van der Waals surface area contributed by atoms with E-state index >= 15 is 0 Å². The quantitative estimate of drug-likeness (QED) is 0.352. The molecule has 0 atom stereocenters. The molecule has 35 heavy (non-hydrogen) atoms. The SMILES string of the molecule is CN(Cc1ccc(CC(=O)O)cc1)C(=O)Nc1cc(Cl)c(-c2ccccc2OC(F)(F)F)c(Cl)c1. The molecule has 0 aliphatic rings. The van der Waals surface area contributed by atoms with Crippen LogP contribution >= 0.6 is 23.2 Å². The van der Waals surface area contributed by atoms with E-state index in [1.165, 1.54) is 35.2 Å². The number of aliphatic carboxylic acids is 1. The van der Waals surface area contributed by atoms with Gasteiger partial charge in [0.15, 0.2) is 0 Å². The molecule has 3 aromatic carbocycles. The number of hydrogen-bond acceptors (Lipinski definition) is 3. The number of carboxylic acid groups (broad SMARTS) is 1. The van der Waals surface area contributed by atoms with Crippen LogP contribution in [-0.2, 0) is 17.8 Å². The summed E-state index contributed by atoms with van der Waals surface area (Å²) in [5.41, 5.74) is 1.83. The minimum Gasteiger partial charge on any atom is -0.481 e. The highest BCUT2D eigenvalue weighted by Gasteiger charge is 2.32. The third-order valence-corrected chi connectivity index (χ3v) is 5.42. The van der Waals surface area contributed by atoms with Crippen molar-refractivity contribution >= 4 is 40.9 Å². The number of halogens is 5. The van der Waals surface area contributed by atoms with Gasteiger partial charge in [-0.3, -0.25) is 4.79 Å². The summed E-state index contributed by atoms with van der Waals surface area (Å²) in [5, 5.41) is 11.5. The summed E-state index contributed by atoms with van der Waals surface area (Å²) in [5.74, 6) is -1.40. The van der Waals surface area contributed by atoms with Crippen LogP contribution < -0.4 is 10.1 Å². The van der Waals surface area contributed by atoms with E-state index in [0.717, 1.165) is 11.6 Å². The summed E-state index contributed by atoms with van der Waals surface area (Å²) in [6, 6.07) is 14.5. The molecule has 2 amide bonds. The molecule has 11 heteroatoms. The van der Waals surface area contributed by atoms with Crippen LogP contribution in [-0.4, -0.2) is 35.4 Å². The zero-order valence-electron chi connectivity index (χ0n) is 18.2. The van der Waals surface area contributed by atoms with Gasteiger partial charge in [-0.05, 0) is 29.3 Å². The molecule has 0 heterocycles. The lowest BCUT2D eigenvalue weighted by atomic mass is 10.0. The lowest BCUT2D eigenvalue weighted by molar-refractivity contribution is -0.274. The summed E-state index contributed by atoms with van der Waals surface area (Å²) < 4.78 is 42.4. The molecule has 0 aliphatic heterocycles. The van der Waals surface area contributed by atoms with Crippen LogP contribution in [0.5, 0.6) is 5.75 Å². The average Bonchev–Trinajstić information content (AvgIpc) is 2.74. The van der Waals surface area contributed by atoms with Crippen molar-refractivity contribution in [2.45, 2.75) is 19.3 Å². The molecule has 0 saturated heterocycles. The topological polar surface area (TPSA) is 78.9 Å². The Labute approximate surface area is 208 Å². The van der Waals surface area contributed by atoms with E-state index in [1.54, 1.807) is 31.3 Å². The molecular formula is C24H19Cl2F3N2O4. The molecule has 0 spiro atoms. The van der Waals surface area contributed by atoms with Gasteiger partial charge in [-0.2, -0.15) is 0 Å². The average molecular weight is 527 g/mol. The maximum Gasteiger partial charge on any atom is 0.573 e. The van der Waals surface area contributed by atoms with Crippen molar-refractivity contribution in [3.05, 3.63) is 81.8 Å². The largest absolute Gasteiger partial charge is 0.573 e. The number of carboxylic acids is 1. The first kappa shape index (κ1) is 26.2. The number of carbonyl (C=O) groups excluding carboxylic acids is 1. The number of ether oxygens (including phenoxy) is 1. The number of nitrogens with zero attached hydrogens (tertiary/aromatic N) is 1. The Bertz CT molecular complexity index is 1210. The molecule has 6 nitrogen and oxygen atoms in total. The van der Waals surface area contributed by atoms with E-state index in [2.05, 4.69) is 10.1 Å². The minimum absolute atomic E-state index is 0.0164. The number of urea groups is 1. The molecule has 0 fully saturated rings. The van der Waals surface area contributed by atoms with E-state index < -0.39 is 24.1 Å². The monoisotopic (exact) mass is 526 g/mol. The summed E-state index contributed by atoms with van der Waals surface area (Å²) in [6.45, 7) is 0.237. The number of carbonyl (C=O) groups is 2. The first-order chi connectivity index (χ1) is 16.4. The first-order valence-electron chi connectivity index (χ1n) is 10.1. The first-order valence-corrected chi connectivity index (χ1v) is 10.8. The van der Waals surface area contributed by atoms with Crippen LogP contribution in [0.4, 0.5) is 23.7 Å². The molecule has 0 unspecified atom stereocenters. The maximum absolute atomic E-state index is 12.8. The van der Waals surface area contributed by atoms with Gasteiger partial charge in [0.1, 0.15) is 5.75 Å². The third-order valence-electron chi connectivity index (χ3n) is 4.82. The second-order valence-electron chi connectivity index (χ2n) is 7.53. The predicted molar refractivity (Wildman–Crippen MR) is 127 cm³/mol. The van der Waals surface area contributed by atoms with Gasteiger partial charge in [-0.1, -0.05) is 65.7 Å². The van der Waals surface area contributed by atoms with Crippen LogP contribution in [0.1, 0.15) is 11.1 Å². The summed E-state index contributed by atoms with van der Waals surface area (Å²) in [7, 11) is 1.56. The molecule has 0 aromatic heterocycles. The fourth-order valence-corrected chi connectivity index (χ4v) is 3.98. The van der Waals surface area contributed by atoms with E-state index in [9.17, 15) is 22.8 Å². The predicted octanol–water partition coefficient (Wildman–Crippen LogP) is 6.85. The van der Waals surface area contributed by atoms with Gasteiger partial charge in [0.05, 0.1) is 16.5 Å². The fraction of sp³-hybridized carbons (Fsp3) is 0.167. The van der Waals surface area contributed by atoms with Gasteiger partial charge < -0.3 is 20.1 Å². The summed E-state index contributed by atoms with van der Waals surface area (Å²) in [6.07, 6.45) is -4.99. The zero-order valence-corrected chi connectivity index (χ0v) is 19.7. The number of alkyl halides is 3. The Balaban J connectivity index is 1.74. The van der Waals surface area contributed by atoms with Crippen LogP contribution in [0.2, 0.25) is 10.0 Å². The van der Waals surface area contributed by atoms with Gasteiger partial charge in [0, 0.05) is 30.4 Å². The molecule has 0 aliphatic carbocycles. The number of hydrogen-bond donors (Lipinski definition) is 2. The van der Waals surface area contributed by atoms with Crippen molar-refractivity contribution in [1.29, 1.82) is 0 Å². The highest BCUT2D eigenvalue weighted by atomic mass is 35.5. The number of nitrogens with one attached hydrogen (secondary N) is 1. The molecule has 0 saturated carbocycles. The summed E-state index contributed by atoms with van der Waals surface area (Å²) in [4.78, 5) is 24.8. The van der Waals surface area contributed by atoms with Crippen molar-refractivity contribution in [1.82, 2.24) is 4.90 Å². The zero-order chi connectivity index (χ0) is 25.8. The third kappa shape index (κ3) is 7.27. The van der Waals surface area contributed by atoms with E-state index in [0.29, 0.717) is 5.56 Å². The number of amides is 2. The van der Waals surface area contributed by atoms with E-state index in [4.69, 9.17) is 28.3 Å². The fourth-order valence-electron chi connectivity index (χ4n) is 3.29. The highest BCUT2D eigenvalue weighted by Crippen LogP contribution is 2.42. The lowest BCUT2D eigenvalue weighted by Gasteiger charge is -2.19. The van der Waals surface area contributed by atoms with E-state index in [1.807, 2.05) is 0 Å². The van der Waals surface area contributed by atoms with Crippen molar-refractivity contribution in [3.63, 3.8) is 0 Å². The van der Waals surface area contributed by atoms with Gasteiger partial charge in [-0.25, -0.2) is 4.79 Å². The Hall–Kier alpha value is -3.43. The lowest BCUT2D eigenvalue weighted by Crippen LogP contribution is -2.30. The molecule has 3 rings (SSSR count). The Kier molecular flexibility index (Phi) is 8.14. The number of benzene rings is 3. The Morgan fingerprint density at radius 1 is 1.00 bits per heavy atom. The van der Waals surface area contributed by atoms with Gasteiger partial charge >= 0.3 is 18.4 Å². The van der Waals surface area contributed by atoms with Gasteiger partial charge in [-0.15, -0.1) is 13.2 Å². The van der Waals surface area contributed by atoms with E-state index in [-0.39, 0.29) is 39.8 Å². The number of anilines is 1.